The van der Waals surface area contributed by atoms with Crippen LogP contribution in [0.25, 0.3) is 11.5 Å². The molecule has 0 radical (unpaired) electrons. The van der Waals surface area contributed by atoms with E-state index in [4.69, 9.17) is 15.0 Å². The molecular weight excluding hydrogens is 273 g/mol. The lowest BCUT2D eigenvalue weighted by molar-refractivity contribution is 0.275. The molecule has 21 heavy (non-hydrogen) atoms. The standard InChI is InChI=1S/C15H18FN3O2/c1-20-10-5-6-11(12(16)9-10)13-18-14(19-21-13)15(17)7-3-2-4-8-15/h5-6,9H,2-4,7-8,17H2,1H3. The molecule has 2 N–H and O–H groups in total. The van der Waals surface area contributed by atoms with Gasteiger partial charge in [0.2, 0.25) is 0 Å². The summed E-state index contributed by atoms with van der Waals surface area (Å²) >= 11 is 0. The van der Waals surface area contributed by atoms with Crippen LogP contribution in [-0.2, 0) is 5.54 Å². The summed E-state index contributed by atoms with van der Waals surface area (Å²) in [4.78, 5) is 4.31. The Bertz CT molecular complexity index is 636. The zero-order valence-corrected chi connectivity index (χ0v) is 11.9. The number of hydrogen-bond acceptors (Lipinski definition) is 5. The molecular formula is C15H18FN3O2. The van der Waals surface area contributed by atoms with E-state index in [0.717, 1.165) is 25.7 Å². The maximum atomic E-state index is 14.0. The van der Waals surface area contributed by atoms with Crippen LogP contribution in [0.4, 0.5) is 4.39 Å². The first-order chi connectivity index (χ1) is 10.1. The van der Waals surface area contributed by atoms with E-state index in [1.807, 2.05) is 0 Å². The zero-order chi connectivity index (χ0) is 14.9. The average molecular weight is 291 g/mol. The Labute approximate surface area is 122 Å². The predicted octanol–water partition coefficient (Wildman–Crippen LogP) is 3.00. The minimum atomic E-state index is -0.553. The maximum absolute atomic E-state index is 14.0. The molecule has 1 fully saturated rings. The van der Waals surface area contributed by atoms with Gasteiger partial charge >= 0.3 is 0 Å². The van der Waals surface area contributed by atoms with Gasteiger partial charge in [0.1, 0.15) is 11.6 Å². The SMILES string of the molecule is COc1ccc(-c2nc(C3(N)CCCCC3)no2)c(F)c1. The van der Waals surface area contributed by atoms with Crippen molar-refractivity contribution in [1.29, 1.82) is 0 Å². The smallest absolute Gasteiger partial charge is 0.260 e. The van der Waals surface area contributed by atoms with Gasteiger partial charge in [-0.25, -0.2) is 4.39 Å². The van der Waals surface area contributed by atoms with Gasteiger partial charge in [-0.3, -0.25) is 0 Å². The van der Waals surface area contributed by atoms with E-state index in [9.17, 15) is 4.39 Å². The van der Waals surface area contributed by atoms with Crippen molar-refractivity contribution >= 4 is 0 Å². The van der Waals surface area contributed by atoms with Crippen molar-refractivity contribution in [3.8, 4) is 17.2 Å². The second-order valence-corrected chi connectivity index (χ2v) is 5.49. The predicted molar refractivity (Wildman–Crippen MR) is 75.2 cm³/mol. The Morgan fingerprint density at radius 1 is 1.29 bits per heavy atom. The minimum absolute atomic E-state index is 0.153. The molecule has 112 valence electrons. The summed E-state index contributed by atoms with van der Waals surface area (Å²) in [5, 5.41) is 3.96. The summed E-state index contributed by atoms with van der Waals surface area (Å²) < 4.78 is 24.2. The van der Waals surface area contributed by atoms with Crippen molar-refractivity contribution in [3.63, 3.8) is 0 Å². The lowest BCUT2D eigenvalue weighted by atomic mass is 9.82. The van der Waals surface area contributed by atoms with E-state index in [2.05, 4.69) is 10.1 Å². The molecule has 0 bridgehead atoms. The number of nitrogens with zero attached hydrogens (tertiary/aromatic N) is 2. The molecule has 0 spiro atoms. The summed E-state index contributed by atoms with van der Waals surface area (Å²) in [7, 11) is 1.49. The second kappa shape index (κ2) is 5.44. The van der Waals surface area contributed by atoms with E-state index in [0.29, 0.717) is 11.6 Å². The quantitative estimate of drug-likeness (QED) is 0.941. The molecule has 0 amide bonds. The molecule has 1 saturated carbocycles. The molecule has 0 saturated heterocycles. The Kier molecular flexibility index (Phi) is 3.63. The highest BCUT2D eigenvalue weighted by atomic mass is 19.1. The highest BCUT2D eigenvalue weighted by molar-refractivity contribution is 5.55. The molecule has 1 aliphatic rings. The first kappa shape index (κ1) is 14.0. The van der Waals surface area contributed by atoms with Crippen molar-refractivity contribution in [2.24, 2.45) is 5.73 Å². The Morgan fingerprint density at radius 3 is 2.71 bits per heavy atom. The zero-order valence-electron chi connectivity index (χ0n) is 11.9. The van der Waals surface area contributed by atoms with E-state index in [1.165, 1.54) is 19.6 Å². The van der Waals surface area contributed by atoms with Crippen LogP contribution in [-0.4, -0.2) is 17.3 Å². The van der Waals surface area contributed by atoms with Crippen molar-refractivity contribution in [3.05, 3.63) is 29.8 Å². The van der Waals surface area contributed by atoms with Crippen molar-refractivity contribution in [2.75, 3.05) is 7.11 Å². The number of hydrogen-bond donors (Lipinski definition) is 1. The van der Waals surface area contributed by atoms with E-state index >= 15 is 0 Å². The first-order valence-corrected chi connectivity index (χ1v) is 7.09. The molecule has 0 aliphatic heterocycles. The summed E-state index contributed by atoms with van der Waals surface area (Å²) in [5.41, 5.74) is 6.06. The largest absolute Gasteiger partial charge is 0.497 e. The molecule has 5 nitrogen and oxygen atoms in total. The van der Waals surface area contributed by atoms with Crippen LogP contribution in [0.5, 0.6) is 5.75 Å². The third-order valence-corrected chi connectivity index (χ3v) is 4.02. The van der Waals surface area contributed by atoms with E-state index in [-0.39, 0.29) is 11.5 Å². The van der Waals surface area contributed by atoms with Gasteiger partial charge in [-0.1, -0.05) is 24.4 Å². The number of halogens is 1. The fraction of sp³-hybridized carbons (Fsp3) is 0.467. The number of ether oxygens (including phenoxy) is 1. The molecule has 2 aromatic rings. The van der Waals surface area contributed by atoms with Crippen molar-refractivity contribution in [1.82, 2.24) is 10.1 Å². The highest BCUT2D eigenvalue weighted by Gasteiger charge is 2.34. The monoisotopic (exact) mass is 291 g/mol. The van der Waals surface area contributed by atoms with Crippen LogP contribution in [0.1, 0.15) is 37.9 Å². The lowest BCUT2D eigenvalue weighted by Crippen LogP contribution is -2.39. The van der Waals surface area contributed by atoms with E-state index in [1.54, 1.807) is 12.1 Å². The van der Waals surface area contributed by atoms with E-state index < -0.39 is 11.4 Å². The normalized spacial score (nSPS) is 17.7. The third kappa shape index (κ3) is 2.63. The van der Waals surface area contributed by atoms with Crippen LogP contribution < -0.4 is 10.5 Å². The van der Waals surface area contributed by atoms with Gasteiger partial charge in [0.25, 0.3) is 5.89 Å². The highest BCUT2D eigenvalue weighted by Crippen LogP contribution is 2.34. The molecule has 0 atom stereocenters. The third-order valence-electron chi connectivity index (χ3n) is 4.02. The molecule has 1 aromatic heterocycles. The van der Waals surface area contributed by atoms with Gasteiger partial charge in [-0.05, 0) is 25.0 Å². The summed E-state index contributed by atoms with van der Waals surface area (Å²) in [5.74, 6) is 0.603. The number of benzene rings is 1. The average Bonchev–Trinajstić information content (AvgIpc) is 2.98. The molecule has 0 unspecified atom stereocenters. The topological polar surface area (TPSA) is 74.2 Å². The number of nitrogens with two attached hydrogens (primary N) is 1. The summed E-state index contributed by atoms with van der Waals surface area (Å²) in [6.07, 6.45) is 4.94. The summed E-state index contributed by atoms with van der Waals surface area (Å²) in [6.45, 7) is 0. The first-order valence-electron chi connectivity index (χ1n) is 7.09. The molecule has 1 heterocycles. The fourth-order valence-corrected chi connectivity index (χ4v) is 2.74. The van der Waals surface area contributed by atoms with Crippen molar-refractivity contribution in [2.45, 2.75) is 37.6 Å². The Morgan fingerprint density at radius 2 is 2.05 bits per heavy atom. The van der Waals surface area contributed by atoms with Crippen LogP contribution in [0.3, 0.4) is 0 Å². The van der Waals surface area contributed by atoms with Gasteiger partial charge in [0.15, 0.2) is 5.82 Å². The molecule has 6 heteroatoms. The Balaban J connectivity index is 1.91. The van der Waals surface area contributed by atoms with Gasteiger partial charge in [-0.15, -0.1) is 0 Å². The fourth-order valence-electron chi connectivity index (χ4n) is 2.74. The van der Waals surface area contributed by atoms with Crippen LogP contribution in [0.2, 0.25) is 0 Å². The maximum Gasteiger partial charge on any atom is 0.260 e. The number of rotatable bonds is 3. The van der Waals surface area contributed by atoms with Gasteiger partial charge < -0.3 is 15.0 Å². The molecule has 1 aromatic carbocycles. The second-order valence-electron chi connectivity index (χ2n) is 5.49. The number of methoxy groups -OCH3 is 1. The lowest BCUT2D eigenvalue weighted by Gasteiger charge is -2.29. The number of aromatic nitrogens is 2. The van der Waals surface area contributed by atoms with Crippen LogP contribution in [0, 0.1) is 5.82 Å². The van der Waals surface area contributed by atoms with Gasteiger partial charge in [0, 0.05) is 6.07 Å². The van der Waals surface area contributed by atoms with Crippen LogP contribution >= 0.6 is 0 Å². The minimum Gasteiger partial charge on any atom is -0.497 e. The van der Waals surface area contributed by atoms with Crippen molar-refractivity contribution < 1.29 is 13.7 Å². The molecule has 3 rings (SSSR count). The van der Waals surface area contributed by atoms with Gasteiger partial charge in [0.05, 0.1) is 18.2 Å². The Hall–Kier alpha value is -1.95. The summed E-state index contributed by atoms with van der Waals surface area (Å²) in [6, 6.07) is 4.51. The van der Waals surface area contributed by atoms with Gasteiger partial charge in [-0.2, -0.15) is 4.98 Å². The molecule has 1 aliphatic carbocycles. The van der Waals surface area contributed by atoms with Crippen LogP contribution in [0.15, 0.2) is 22.7 Å².